The van der Waals surface area contributed by atoms with Crippen molar-refractivity contribution in [1.82, 2.24) is 9.80 Å². The summed E-state index contributed by atoms with van der Waals surface area (Å²) >= 11 is 1.83. The van der Waals surface area contributed by atoms with Crippen molar-refractivity contribution in [1.29, 1.82) is 0 Å². The molecule has 0 aliphatic carbocycles. The highest BCUT2D eigenvalue weighted by Gasteiger charge is 2.33. The molecule has 0 spiro atoms. The third kappa shape index (κ3) is 3.37. The summed E-state index contributed by atoms with van der Waals surface area (Å²) in [7, 11) is 0. The summed E-state index contributed by atoms with van der Waals surface area (Å²) in [5.41, 5.74) is 6.25. The van der Waals surface area contributed by atoms with E-state index in [2.05, 4.69) is 48.1 Å². The number of hydrogen-bond donors (Lipinski definition) is 1. The lowest BCUT2D eigenvalue weighted by molar-refractivity contribution is 0.178. The zero-order valence-corrected chi connectivity index (χ0v) is 13.2. The maximum absolute atomic E-state index is 6.25. The molecular formula is C15H27N3S. The van der Waals surface area contributed by atoms with E-state index >= 15 is 0 Å². The summed E-state index contributed by atoms with van der Waals surface area (Å²) < 4.78 is 0. The molecule has 1 fully saturated rings. The molecule has 1 aromatic heterocycles. The Morgan fingerprint density at radius 1 is 1.47 bits per heavy atom. The van der Waals surface area contributed by atoms with E-state index in [1.165, 1.54) is 17.8 Å². The Bertz CT molecular complexity index is 359. The van der Waals surface area contributed by atoms with Crippen LogP contribution in [0.2, 0.25) is 0 Å². The molecule has 3 nitrogen and oxygen atoms in total. The van der Waals surface area contributed by atoms with Crippen LogP contribution in [0.5, 0.6) is 0 Å². The molecule has 1 aromatic rings. The SMILES string of the molecule is CCN(CC)C1CCN(C(c2cccs2)C(C)N)C1. The van der Waals surface area contributed by atoms with Gasteiger partial charge in [-0.3, -0.25) is 9.80 Å². The van der Waals surface area contributed by atoms with Gasteiger partial charge in [-0.25, -0.2) is 0 Å². The first-order valence-electron chi connectivity index (χ1n) is 7.44. The highest BCUT2D eigenvalue weighted by Crippen LogP contribution is 2.31. The van der Waals surface area contributed by atoms with Crippen molar-refractivity contribution in [3.8, 4) is 0 Å². The molecule has 1 aliphatic heterocycles. The van der Waals surface area contributed by atoms with Crippen LogP contribution in [-0.2, 0) is 0 Å². The van der Waals surface area contributed by atoms with Crippen LogP contribution in [0, 0.1) is 0 Å². The molecule has 4 heteroatoms. The van der Waals surface area contributed by atoms with Crippen LogP contribution in [0.15, 0.2) is 17.5 Å². The van der Waals surface area contributed by atoms with E-state index in [9.17, 15) is 0 Å². The predicted octanol–water partition coefficient (Wildman–Crippen LogP) is 2.55. The average molecular weight is 281 g/mol. The lowest BCUT2D eigenvalue weighted by atomic mass is 10.1. The molecule has 2 rings (SSSR count). The molecule has 1 saturated heterocycles. The van der Waals surface area contributed by atoms with Gasteiger partial charge in [-0.15, -0.1) is 11.3 Å². The molecule has 19 heavy (non-hydrogen) atoms. The number of likely N-dealkylation sites (tertiary alicyclic amines) is 1. The van der Waals surface area contributed by atoms with Crippen molar-refractivity contribution in [2.24, 2.45) is 5.73 Å². The molecule has 3 unspecified atom stereocenters. The van der Waals surface area contributed by atoms with E-state index in [-0.39, 0.29) is 6.04 Å². The number of nitrogens with zero attached hydrogens (tertiary/aromatic N) is 2. The molecule has 2 heterocycles. The highest BCUT2D eigenvalue weighted by molar-refractivity contribution is 7.10. The van der Waals surface area contributed by atoms with Crippen LogP contribution in [-0.4, -0.2) is 48.1 Å². The zero-order valence-electron chi connectivity index (χ0n) is 12.4. The van der Waals surface area contributed by atoms with E-state index in [1.54, 1.807) is 0 Å². The molecular weight excluding hydrogens is 254 g/mol. The molecule has 1 aliphatic rings. The third-order valence-corrected chi connectivity index (χ3v) is 5.19. The van der Waals surface area contributed by atoms with Crippen LogP contribution >= 0.6 is 11.3 Å². The van der Waals surface area contributed by atoms with Crippen molar-refractivity contribution in [2.45, 2.75) is 45.3 Å². The maximum Gasteiger partial charge on any atom is 0.0591 e. The zero-order chi connectivity index (χ0) is 13.8. The Balaban J connectivity index is 2.05. The second-order valence-electron chi connectivity index (χ2n) is 5.48. The van der Waals surface area contributed by atoms with Crippen LogP contribution < -0.4 is 5.73 Å². The second kappa shape index (κ2) is 6.84. The number of likely N-dealkylation sites (N-methyl/N-ethyl adjacent to an activating group) is 1. The van der Waals surface area contributed by atoms with Crippen LogP contribution in [0.25, 0.3) is 0 Å². The Morgan fingerprint density at radius 2 is 2.21 bits per heavy atom. The topological polar surface area (TPSA) is 32.5 Å². The first-order valence-corrected chi connectivity index (χ1v) is 8.32. The molecule has 0 bridgehead atoms. The Labute approximate surface area is 121 Å². The summed E-state index contributed by atoms with van der Waals surface area (Å²) in [6, 6.07) is 5.64. The van der Waals surface area contributed by atoms with Gasteiger partial charge in [0, 0.05) is 30.1 Å². The van der Waals surface area contributed by atoms with Gasteiger partial charge in [0.15, 0.2) is 0 Å². The van der Waals surface area contributed by atoms with E-state index in [4.69, 9.17) is 5.73 Å². The number of thiophene rings is 1. The molecule has 3 atom stereocenters. The molecule has 108 valence electrons. The molecule has 0 radical (unpaired) electrons. The first-order chi connectivity index (χ1) is 9.17. The van der Waals surface area contributed by atoms with Gasteiger partial charge in [-0.1, -0.05) is 19.9 Å². The third-order valence-electron chi connectivity index (χ3n) is 4.25. The fourth-order valence-electron chi connectivity index (χ4n) is 3.29. The van der Waals surface area contributed by atoms with E-state index in [1.807, 2.05) is 11.3 Å². The van der Waals surface area contributed by atoms with Gasteiger partial charge in [-0.2, -0.15) is 0 Å². The summed E-state index contributed by atoms with van der Waals surface area (Å²) in [4.78, 5) is 6.57. The van der Waals surface area contributed by atoms with Gasteiger partial charge in [0.25, 0.3) is 0 Å². The maximum atomic E-state index is 6.25. The monoisotopic (exact) mass is 281 g/mol. The van der Waals surface area contributed by atoms with E-state index < -0.39 is 0 Å². The van der Waals surface area contributed by atoms with Crippen molar-refractivity contribution in [3.63, 3.8) is 0 Å². The van der Waals surface area contributed by atoms with Gasteiger partial charge < -0.3 is 5.73 Å². The van der Waals surface area contributed by atoms with Gasteiger partial charge in [0.2, 0.25) is 0 Å². The summed E-state index contributed by atoms with van der Waals surface area (Å²) in [5, 5.41) is 2.16. The van der Waals surface area contributed by atoms with Gasteiger partial charge >= 0.3 is 0 Å². The fraction of sp³-hybridized carbons (Fsp3) is 0.733. The minimum atomic E-state index is 0.189. The van der Waals surface area contributed by atoms with Crippen molar-refractivity contribution in [2.75, 3.05) is 26.2 Å². The molecule has 2 N–H and O–H groups in total. The quantitative estimate of drug-likeness (QED) is 0.870. The molecule has 0 aromatic carbocycles. The molecule has 0 saturated carbocycles. The summed E-state index contributed by atoms with van der Waals surface area (Å²) in [6.45, 7) is 11.3. The first kappa shape index (κ1) is 15.0. The van der Waals surface area contributed by atoms with Crippen molar-refractivity contribution < 1.29 is 0 Å². The van der Waals surface area contributed by atoms with Crippen LogP contribution in [0.1, 0.15) is 38.1 Å². The van der Waals surface area contributed by atoms with Gasteiger partial charge in [-0.05, 0) is 37.9 Å². The standard InChI is InChI=1S/C15H27N3S/c1-4-17(5-2)13-8-9-18(11-13)15(12(3)16)14-7-6-10-19-14/h6-7,10,12-13,15H,4-5,8-9,11,16H2,1-3H3. The normalized spacial score (nSPS) is 23.9. The fourth-order valence-corrected chi connectivity index (χ4v) is 4.26. The van der Waals surface area contributed by atoms with E-state index in [0.717, 1.165) is 19.6 Å². The number of hydrogen-bond acceptors (Lipinski definition) is 4. The predicted molar refractivity (Wildman–Crippen MR) is 83.6 cm³/mol. The van der Waals surface area contributed by atoms with Gasteiger partial charge in [0.1, 0.15) is 0 Å². The smallest absolute Gasteiger partial charge is 0.0591 e. The number of nitrogens with two attached hydrogens (primary N) is 1. The minimum absolute atomic E-state index is 0.189. The van der Waals surface area contributed by atoms with E-state index in [0.29, 0.717) is 12.1 Å². The summed E-state index contributed by atoms with van der Waals surface area (Å²) in [5.74, 6) is 0. The molecule has 0 amide bonds. The van der Waals surface area contributed by atoms with Crippen molar-refractivity contribution >= 4 is 11.3 Å². The highest BCUT2D eigenvalue weighted by atomic mass is 32.1. The number of rotatable bonds is 6. The average Bonchev–Trinajstić information content (AvgIpc) is 3.03. The summed E-state index contributed by atoms with van der Waals surface area (Å²) in [6.07, 6.45) is 1.27. The largest absolute Gasteiger partial charge is 0.326 e. The van der Waals surface area contributed by atoms with Gasteiger partial charge in [0.05, 0.1) is 6.04 Å². The van der Waals surface area contributed by atoms with Crippen LogP contribution in [0.3, 0.4) is 0 Å². The lowest BCUT2D eigenvalue weighted by Crippen LogP contribution is -2.41. The lowest BCUT2D eigenvalue weighted by Gasteiger charge is -2.32. The van der Waals surface area contributed by atoms with Crippen LogP contribution in [0.4, 0.5) is 0 Å². The Morgan fingerprint density at radius 3 is 2.74 bits per heavy atom. The van der Waals surface area contributed by atoms with Crippen molar-refractivity contribution in [3.05, 3.63) is 22.4 Å². The Kier molecular flexibility index (Phi) is 5.39. The Hall–Kier alpha value is -0.420. The second-order valence-corrected chi connectivity index (χ2v) is 6.46. The minimum Gasteiger partial charge on any atom is -0.326 e.